The molecule has 68 heavy (non-hydrogen) atoms. The van der Waals surface area contributed by atoms with E-state index >= 15 is 0 Å². The molecule has 0 spiro atoms. The van der Waals surface area contributed by atoms with E-state index in [4.69, 9.17) is 9.05 Å². The first-order valence-corrected chi connectivity index (χ1v) is 31.2. The van der Waals surface area contributed by atoms with Crippen LogP contribution >= 0.6 is 7.82 Å². The summed E-state index contributed by atoms with van der Waals surface area (Å²) < 4.78 is 23.3. The number of rotatable bonds is 55. The number of carbonyl (C=O) groups is 1. The van der Waals surface area contributed by atoms with Crippen LogP contribution in [0.1, 0.15) is 296 Å². The van der Waals surface area contributed by atoms with Crippen molar-refractivity contribution in [1.29, 1.82) is 0 Å². The quantitative estimate of drug-likeness (QED) is 0.0272. The van der Waals surface area contributed by atoms with Crippen LogP contribution in [0.5, 0.6) is 0 Å². The number of amides is 1. The van der Waals surface area contributed by atoms with Gasteiger partial charge in [0.1, 0.15) is 13.2 Å². The minimum atomic E-state index is -4.60. The number of allylic oxidation sites excluding steroid dienone is 3. The van der Waals surface area contributed by atoms with E-state index in [1.165, 1.54) is 238 Å². The lowest BCUT2D eigenvalue weighted by Gasteiger charge is -2.29. The van der Waals surface area contributed by atoms with Gasteiger partial charge in [0.05, 0.1) is 39.9 Å². The molecule has 0 saturated heterocycles. The molecule has 0 aliphatic heterocycles. The smallest absolute Gasteiger partial charge is 0.268 e. The van der Waals surface area contributed by atoms with Gasteiger partial charge in [-0.3, -0.25) is 9.36 Å². The highest BCUT2D eigenvalue weighted by Gasteiger charge is 2.23. The highest BCUT2D eigenvalue weighted by molar-refractivity contribution is 7.45. The summed E-state index contributed by atoms with van der Waals surface area (Å²) in [7, 11) is 1.26. The van der Waals surface area contributed by atoms with E-state index in [-0.39, 0.29) is 19.1 Å². The van der Waals surface area contributed by atoms with E-state index < -0.39 is 20.0 Å². The predicted molar refractivity (Wildman–Crippen MR) is 293 cm³/mol. The van der Waals surface area contributed by atoms with Crippen LogP contribution < -0.4 is 10.2 Å². The number of nitrogens with one attached hydrogen (secondary N) is 1. The molecule has 3 unspecified atom stereocenters. The van der Waals surface area contributed by atoms with Crippen molar-refractivity contribution in [2.75, 3.05) is 40.9 Å². The normalized spacial score (nSPS) is 14.0. The van der Waals surface area contributed by atoms with Crippen LogP contribution in [0.4, 0.5) is 0 Å². The second-order valence-corrected chi connectivity index (χ2v) is 23.1. The third-order valence-electron chi connectivity index (χ3n) is 13.7. The summed E-state index contributed by atoms with van der Waals surface area (Å²) in [4.78, 5) is 25.5. The monoisotopic (exact) mass is 981 g/mol. The van der Waals surface area contributed by atoms with Gasteiger partial charge in [-0.15, -0.1) is 0 Å². The lowest BCUT2D eigenvalue weighted by molar-refractivity contribution is -0.870. The number of unbranched alkanes of at least 4 members (excludes halogenated alkanes) is 40. The van der Waals surface area contributed by atoms with E-state index in [0.717, 1.165) is 38.5 Å². The highest BCUT2D eigenvalue weighted by atomic mass is 31.2. The molecule has 1 amide bonds. The van der Waals surface area contributed by atoms with Gasteiger partial charge in [-0.2, -0.15) is 0 Å². The van der Waals surface area contributed by atoms with Gasteiger partial charge in [0, 0.05) is 6.42 Å². The molecule has 0 saturated carbocycles. The Bertz CT molecular complexity index is 1160. The molecule has 8 nitrogen and oxygen atoms in total. The Hall–Kier alpha value is -1.02. The largest absolute Gasteiger partial charge is 0.756 e. The number of aliphatic hydroxyl groups is 1. The van der Waals surface area contributed by atoms with E-state index in [1.54, 1.807) is 6.08 Å². The summed E-state index contributed by atoms with van der Waals surface area (Å²) in [6.07, 6.45) is 64.2. The van der Waals surface area contributed by atoms with Crippen LogP contribution in [0.25, 0.3) is 0 Å². The summed E-state index contributed by atoms with van der Waals surface area (Å²) in [6.45, 7) is 4.67. The molecule has 0 fully saturated rings. The van der Waals surface area contributed by atoms with Crippen molar-refractivity contribution in [2.45, 2.75) is 309 Å². The molecular weight excluding hydrogens is 864 g/mol. The Kier molecular flexibility index (Phi) is 50.1. The molecule has 2 N–H and O–H groups in total. The number of quaternary nitrogens is 1. The van der Waals surface area contributed by atoms with Crippen LogP contribution in [0.2, 0.25) is 0 Å². The molecule has 0 bridgehead atoms. The fourth-order valence-electron chi connectivity index (χ4n) is 9.00. The third-order valence-corrected chi connectivity index (χ3v) is 14.6. The van der Waals surface area contributed by atoms with Crippen LogP contribution in [0.15, 0.2) is 24.3 Å². The Balaban J connectivity index is 4.14. The van der Waals surface area contributed by atoms with Gasteiger partial charge in [-0.25, -0.2) is 0 Å². The maximum absolute atomic E-state index is 12.9. The summed E-state index contributed by atoms with van der Waals surface area (Å²) in [5, 5.41) is 13.9. The van der Waals surface area contributed by atoms with Crippen molar-refractivity contribution in [3.05, 3.63) is 24.3 Å². The van der Waals surface area contributed by atoms with Gasteiger partial charge < -0.3 is 28.8 Å². The third kappa shape index (κ3) is 52.8. The van der Waals surface area contributed by atoms with Crippen LogP contribution in [0.3, 0.4) is 0 Å². The lowest BCUT2D eigenvalue weighted by atomic mass is 10.0. The molecule has 0 heterocycles. The molecule has 0 rings (SSSR count). The van der Waals surface area contributed by atoms with Gasteiger partial charge in [-0.05, 0) is 32.1 Å². The number of phosphoric acid groups is 1. The van der Waals surface area contributed by atoms with Crippen molar-refractivity contribution in [1.82, 2.24) is 5.32 Å². The molecule has 3 atom stereocenters. The van der Waals surface area contributed by atoms with Crippen molar-refractivity contribution in [3.8, 4) is 0 Å². The minimum Gasteiger partial charge on any atom is -0.756 e. The topological polar surface area (TPSA) is 108 Å². The molecule has 9 heteroatoms. The first-order chi connectivity index (χ1) is 33.0. The Morgan fingerprint density at radius 1 is 0.500 bits per heavy atom. The predicted octanol–water partition coefficient (Wildman–Crippen LogP) is 17.4. The molecule has 0 aromatic rings. The molecule has 0 aromatic heterocycles. The van der Waals surface area contributed by atoms with E-state index in [1.807, 2.05) is 27.2 Å². The number of nitrogens with zero attached hydrogens (tertiary/aromatic N) is 1. The van der Waals surface area contributed by atoms with Crippen LogP contribution in [-0.4, -0.2) is 68.5 Å². The number of likely N-dealkylation sites (N-methyl/N-ethyl adjacent to an activating group) is 1. The second kappa shape index (κ2) is 50.9. The SMILES string of the molecule is CCCCCCCCCCCCCCCCCCCCCCCCCC/C=C/CC/C=C/C(O)C(COP(=O)([O-])OCC[N+](C)(C)C)NC(=O)CCCCCCCCCCCCCCCCCC. The van der Waals surface area contributed by atoms with Crippen molar-refractivity contribution in [3.63, 3.8) is 0 Å². The zero-order chi connectivity index (χ0) is 49.9. The van der Waals surface area contributed by atoms with Crippen molar-refractivity contribution in [2.24, 2.45) is 0 Å². The average molecular weight is 982 g/mol. The number of hydrogen-bond donors (Lipinski definition) is 2. The Labute approximate surface area is 424 Å². The fraction of sp³-hybridized carbons (Fsp3) is 0.915. The molecular formula is C59H117N2O6P. The maximum Gasteiger partial charge on any atom is 0.268 e. The van der Waals surface area contributed by atoms with E-state index in [2.05, 4.69) is 31.3 Å². The minimum absolute atomic E-state index is 0.00377. The second-order valence-electron chi connectivity index (χ2n) is 21.7. The van der Waals surface area contributed by atoms with Crippen molar-refractivity contribution >= 4 is 13.7 Å². The summed E-state index contributed by atoms with van der Waals surface area (Å²) >= 11 is 0. The summed E-state index contributed by atoms with van der Waals surface area (Å²) in [6, 6.07) is -0.900. The molecule has 0 aromatic carbocycles. The molecule has 0 aliphatic carbocycles. The van der Waals surface area contributed by atoms with E-state index in [0.29, 0.717) is 17.4 Å². The molecule has 0 aliphatic rings. The first-order valence-electron chi connectivity index (χ1n) is 29.7. The standard InChI is InChI=1S/C59H117N2O6P/c1-6-8-10-12-14-16-18-20-22-24-25-26-27-28-29-30-31-32-33-34-35-36-37-38-40-42-44-46-48-50-52-58(62)57(56-67-68(64,65)66-55-54-61(3,4)5)60-59(63)53-51-49-47-45-43-41-39-23-21-19-17-15-13-11-9-7-2/h42,44,50,52,57-58,62H,6-41,43,45-49,51,53-56H2,1-5H3,(H-,60,63,64,65)/b44-42+,52-50+. The van der Waals surface area contributed by atoms with Gasteiger partial charge in [-0.1, -0.05) is 282 Å². The first kappa shape index (κ1) is 67.0. The fourth-order valence-corrected chi connectivity index (χ4v) is 9.72. The van der Waals surface area contributed by atoms with Crippen LogP contribution in [-0.2, 0) is 18.4 Å². The summed E-state index contributed by atoms with van der Waals surface area (Å²) in [5.41, 5.74) is 0. The van der Waals surface area contributed by atoms with Crippen molar-refractivity contribution < 1.29 is 32.9 Å². The highest BCUT2D eigenvalue weighted by Crippen LogP contribution is 2.38. The van der Waals surface area contributed by atoms with Crippen LogP contribution in [0, 0.1) is 0 Å². The molecule has 404 valence electrons. The lowest BCUT2D eigenvalue weighted by Crippen LogP contribution is -2.45. The number of carbonyl (C=O) groups excluding carboxylic acids is 1. The van der Waals surface area contributed by atoms with Gasteiger partial charge in [0.15, 0.2) is 0 Å². The van der Waals surface area contributed by atoms with Gasteiger partial charge in [0.2, 0.25) is 5.91 Å². The summed E-state index contributed by atoms with van der Waals surface area (Å²) in [5.74, 6) is -0.202. The maximum atomic E-state index is 12.9. The van der Waals surface area contributed by atoms with Gasteiger partial charge >= 0.3 is 0 Å². The van der Waals surface area contributed by atoms with Gasteiger partial charge in [0.25, 0.3) is 7.82 Å². The number of hydrogen-bond acceptors (Lipinski definition) is 6. The zero-order valence-electron chi connectivity index (χ0n) is 46.1. The molecule has 0 radical (unpaired) electrons. The Morgan fingerprint density at radius 3 is 1.19 bits per heavy atom. The number of aliphatic hydroxyl groups excluding tert-OH is 1. The average Bonchev–Trinajstić information content (AvgIpc) is 3.30. The van der Waals surface area contributed by atoms with E-state index in [9.17, 15) is 19.4 Å². The Morgan fingerprint density at radius 2 is 0.824 bits per heavy atom. The number of phosphoric ester groups is 1. The zero-order valence-corrected chi connectivity index (χ0v) is 47.0.